The molecule has 0 fully saturated rings. The van der Waals surface area contributed by atoms with E-state index in [1.165, 1.54) is 0 Å². The largest absolute Gasteiger partial charge is 0.573 e. The Balaban J connectivity index is 3.34. The number of alkyl halides is 4. The molecule has 0 radical (unpaired) electrons. The summed E-state index contributed by atoms with van der Waals surface area (Å²) in [5.41, 5.74) is -0.863. The number of hydrogen-bond donors (Lipinski definition) is 0. The molecule has 0 N–H and O–H groups in total. The predicted molar refractivity (Wildman–Crippen MR) is 48.9 cm³/mol. The molecular weight excluding hydrogens is 264 g/mol. The molecule has 0 atom stereocenters. The Labute approximate surface area is 97.3 Å². The van der Waals surface area contributed by atoms with Gasteiger partial charge in [0, 0.05) is 0 Å². The predicted octanol–water partition coefficient (Wildman–Crippen LogP) is 2.37. The number of nitrogens with zero attached hydrogens (tertiary/aromatic N) is 2. The molecule has 1 heterocycles. The number of ether oxygens (including phenoxy) is 2. The van der Waals surface area contributed by atoms with Crippen LogP contribution in [0.5, 0.6) is 11.5 Å². The summed E-state index contributed by atoms with van der Waals surface area (Å²) >= 11 is 0. The number of pyridine rings is 1. The minimum absolute atomic E-state index is 0.611. The van der Waals surface area contributed by atoms with Gasteiger partial charge in [0.15, 0.2) is 12.4 Å². The van der Waals surface area contributed by atoms with Crippen molar-refractivity contribution < 1.29 is 32.0 Å². The van der Waals surface area contributed by atoms with Crippen molar-refractivity contribution in [2.45, 2.75) is 13.0 Å². The smallest absolute Gasteiger partial charge is 0.492 e. The van der Waals surface area contributed by atoms with Crippen LogP contribution >= 0.6 is 0 Å². The molecule has 6 nitrogen and oxygen atoms in total. The average Bonchev–Trinajstić information content (AvgIpc) is 2.26. The third-order valence-corrected chi connectivity index (χ3v) is 1.75. The first-order valence-corrected chi connectivity index (χ1v) is 4.32. The lowest BCUT2D eigenvalue weighted by Gasteiger charge is -2.12. The van der Waals surface area contributed by atoms with Crippen LogP contribution in [0.3, 0.4) is 0 Å². The Morgan fingerprint density at radius 2 is 2.11 bits per heavy atom. The second kappa shape index (κ2) is 5.02. The SMILES string of the molecule is COc1cc([N+](=O)[O-])nc(CF)c1OC(F)(F)F. The van der Waals surface area contributed by atoms with Crippen LogP contribution in [-0.4, -0.2) is 23.4 Å². The fraction of sp³-hybridized carbons (Fsp3) is 0.375. The highest BCUT2D eigenvalue weighted by atomic mass is 19.4. The maximum atomic E-state index is 12.5. The van der Waals surface area contributed by atoms with Gasteiger partial charge in [0.1, 0.15) is 0 Å². The van der Waals surface area contributed by atoms with E-state index in [2.05, 4.69) is 14.5 Å². The van der Waals surface area contributed by atoms with E-state index < -0.39 is 41.0 Å². The number of nitro groups is 1. The third kappa shape index (κ3) is 3.18. The molecule has 0 aromatic carbocycles. The molecule has 0 spiro atoms. The monoisotopic (exact) mass is 270 g/mol. The maximum Gasteiger partial charge on any atom is 0.573 e. The summed E-state index contributed by atoms with van der Waals surface area (Å²) in [6, 6.07) is 0.611. The van der Waals surface area contributed by atoms with Crippen LogP contribution in [0.4, 0.5) is 23.4 Å². The summed E-state index contributed by atoms with van der Waals surface area (Å²) in [5.74, 6) is -2.49. The topological polar surface area (TPSA) is 74.5 Å². The lowest BCUT2D eigenvalue weighted by Crippen LogP contribution is -2.19. The van der Waals surface area contributed by atoms with Crippen LogP contribution in [0.15, 0.2) is 6.07 Å². The molecule has 0 amide bonds. The first-order chi connectivity index (χ1) is 8.28. The molecule has 0 aliphatic rings. The van der Waals surface area contributed by atoms with E-state index in [0.717, 1.165) is 7.11 Å². The quantitative estimate of drug-likeness (QED) is 0.477. The second-order valence-electron chi connectivity index (χ2n) is 2.90. The van der Waals surface area contributed by atoms with Crippen molar-refractivity contribution in [3.63, 3.8) is 0 Å². The highest BCUT2D eigenvalue weighted by Crippen LogP contribution is 2.37. The molecule has 0 unspecified atom stereocenters. The lowest BCUT2D eigenvalue weighted by atomic mass is 10.3. The molecule has 0 aliphatic heterocycles. The van der Waals surface area contributed by atoms with Crippen molar-refractivity contribution >= 4 is 5.82 Å². The summed E-state index contributed by atoms with van der Waals surface area (Å²) in [6.07, 6.45) is -5.09. The van der Waals surface area contributed by atoms with Gasteiger partial charge in [-0.15, -0.1) is 13.2 Å². The zero-order chi connectivity index (χ0) is 13.9. The number of methoxy groups -OCH3 is 1. The van der Waals surface area contributed by atoms with Crippen molar-refractivity contribution in [2.75, 3.05) is 7.11 Å². The number of rotatable bonds is 4. The fourth-order valence-corrected chi connectivity index (χ4v) is 1.11. The van der Waals surface area contributed by atoms with Crippen LogP contribution in [0.25, 0.3) is 0 Å². The molecule has 1 rings (SSSR count). The standard InChI is InChI=1S/C8H6F4N2O4/c1-17-5-2-6(14(15)16)13-4(3-9)7(5)18-8(10,11)12/h2H,3H2,1H3. The van der Waals surface area contributed by atoms with Crippen molar-refractivity contribution in [2.24, 2.45) is 0 Å². The summed E-state index contributed by atoms with van der Waals surface area (Å²) in [4.78, 5) is 12.6. The zero-order valence-electron chi connectivity index (χ0n) is 8.82. The third-order valence-electron chi connectivity index (χ3n) is 1.75. The highest BCUT2D eigenvalue weighted by molar-refractivity contribution is 5.48. The zero-order valence-corrected chi connectivity index (χ0v) is 8.82. The average molecular weight is 270 g/mol. The van der Waals surface area contributed by atoms with Crippen LogP contribution in [0.2, 0.25) is 0 Å². The van der Waals surface area contributed by atoms with E-state index in [-0.39, 0.29) is 0 Å². The Kier molecular flexibility index (Phi) is 3.89. The number of hydrogen-bond acceptors (Lipinski definition) is 5. The number of halogens is 4. The van der Waals surface area contributed by atoms with E-state index in [4.69, 9.17) is 0 Å². The second-order valence-corrected chi connectivity index (χ2v) is 2.90. The Bertz CT molecular complexity index is 438. The van der Waals surface area contributed by atoms with Crippen molar-refractivity contribution in [1.82, 2.24) is 4.98 Å². The van der Waals surface area contributed by atoms with Gasteiger partial charge in [-0.1, -0.05) is 0 Å². The van der Waals surface area contributed by atoms with Crippen LogP contribution in [-0.2, 0) is 6.67 Å². The maximum absolute atomic E-state index is 12.5. The molecule has 10 heteroatoms. The van der Waals surface area contributed by atoms with Gasteiger partial charge in [0.25, 0.3) is 0 Å². The minimum Gasteiger partial charge on any atom is -0.492 e. The van der Waals surface area contributed by atoms with Gasteiger partial charge >= 0.3 is 12.2 Å². The molecule has 0 bridgehead atoms. The van der Waals surface area contributed by atoms with Gasteiger partial charge in [-0.2, -0.15) is 0 Å². The van der Waals surface area contributed by atoms with Gasteiger partial charge in [-0.3, -0.25) is 0 Å². The Morgan fingerprint density at radius 1 is 1.50 bits per heavy atom. The van der Waals surface area contributed by atoms with Gasteiger partial charge in [-0.25, -0.2) is 4.39 Å². The molecule has 0 aliphatic carbocycles. The van der Waals surface area contributed by atoms with Crippen molar-refractivity contribution in [3.8, 4) is 11.5 Å². The van der Waals surface area contributed by atoms with Gasteiger partial charge in [0.2, 0.25) is 11.4 Å². The van der Waals surface area contributed by atoms with E-state index >= 15 is 0 Å². The molecule has 0 saturated heterocycles. The van der Waals surface area contributed by atoms with Crippen LogP contribution in [0.1, 0.15) is 5.69 Å². The molecule has 1 aromatic rings. The van der Waals surface area contributed by atoms with Crippen LogP contribution < -0.4 is 9.47 Å². The summed E-state index contributed by atoms with van der Waals surface area (Å²) in [5, 5.41) is 10.4. The minimum atomic E-state index is -5.09. The summed E-state index contributed by atoms with van der Waals surface area (Å²) < 4.78 is 56.8. The first-order valence-electron chi connectivity index (χ1n) is 4.32. The van der Waals surface area contributed by atoms with E-state index in [0.29, 0.717) is 6.07 Å². The van der Waals surface area contributed by atoms with E-state index in [9.17, 15) is 27.7 Å². The summed E-state index contributed by atoms with van der Waals surface area (Å²) in [6.45, 7) is -1.47. The lowest BCUT2D eigenvalue weighted by molar-refractivity contribution is -0.389. The molecule has 100 valence electrons. The molecular formula is C8H6F4N2O4. The summed E-state index contributed by atoms with van der Waals surface area (Å²) in [7, 11) is 0.963. The van der Waals surface area contributed by atoms with Crippen molar-refractivity contribution in [3.05, 3.63) is 21.9 Å². The van der Waals surface area contributed by atoms with E-state index in [1.807, 2.05) is 0 Å². The van der Waals surface area contributed by atoms with Gasteiger partial charge in [-0.05, 0) is 9.91 Å². The Morgan fingerprint density at radius 3 is 2.50 bits per heavy atom. The van der Waals surface area contributed by atoms with Gasteiger partial charge in [0.05, 0.1) is 13.2 Å². The molecule has 18 heavy (non-hydrogen) atoms. The highest BCUT2D eigenvalue weighted by Gasteiger charge is 2.36. The molecule has 1 aromatic heterocycles. The van der Waals surface area contributed by atoms with Crippen molar-refractivity contribution in [1.29, 1.82) is 0 Å². The fourth-order valence-electron chi connectivity index (χ4n) is 1.11. The first kappa shape index (κ1) is 13.9. The normalized spacial score (nSPS) is 11.2. The van der Waals surface area contributed by atoms with Gasteiger partial charge < -0.3 is 19.6 Å². The van der Waals surface area contributed by atoms with E-state index in [1.54, 1.807) is 0 Å². The Hall–Kier alpha value is -2.13. The van der Waals surface area contributed by atoms with Crippen LogP contribution in [0, 0.1) is 10.1 Å². The molecule has 0 saturated carbocycles. The number of aromatic nitrogens is 1.